The molecule has 0 aliphatic rings. The molecular weight excluding hydrogens is 358 g/mol. The summed E-state index contributed by atoms with van der Waals surface area (Å²) in [6, 6.07) is 16.0. The fourth-order valence-electron chi connectivity index (χ4n) is 2.04. The van der Waals surface area contributed by atoms with Crippen molar-refractivity contribution in [3.8, 4) is 5.75 Å². The molecule has 6 heteroatoms. The molecule has 0 atom stereocenters. The van der Waals surface area contributed by atoms with E-state index in [2.05, 4.69) is 31.4 Å². The van der Waals surface area contributed by atoms with Gasteiger partial charge in [0, 0.05) is 15.4 Å². The highest BCUT2D eigenvalue weighted by Gasteiger charge is 2.07. The standard InChI is InChI=1S/C17H12BrN3O2/c18-13-6-8-16(22)12(9-13)10-19-21-17(23)15-7-5-11-3-1-2-4-14(11)20-15/h1-10,22H,(H,21,23). The van der Waals surface area contributed by atoms with Crippen LogP contribution in [-0.4, -0.2) is 22.2 Å². The van der Waals surface area contributed by atoms with E-state index in [1.165, 1.54) is 12.3 Å². The number of amides is 1. The zero-order valence-corrected chi connectivity index (χ0v) is 13.5. The van der Waals surface area contributed by atoms with Crippen LogP contribution in [0.2, 0.25) is 0 Å². The van der Waals surface area contributed by atoms with Gasteiger partial charge in [-0.2, -0.15) is 5.10 Å². The third kappa shape index (κ3) is 3.54. The molecule has 0 radical (unpaired) electrons. The fourth-order valence-corrected chi connectivity index (χ4v) is 2.42. The number of carbonyl (C=O) groups is 1. The number of pyridine rings is 1. The summed E-state index contributed by atoms with van der Waals surface area (Å²) in [5, 5.41) is 14.5. The van der Waals surface area contributed by atoms with Gasteiger partial charge in [-0.25, -0.2) is 10.4 Å². The normalized spacial score (nSPS) is 11.0. The van der Waals surface area contributed by atoms with Crippen LogP contribution in [0.3, 0.4) is 0 Å². The smallest absolute Gasteiger partial charge is 0.289 e. The first kappa shape index (κ1) is 15.2. The Morgan fingerprint density at radius 3 is 2.87 bits per heavy atom. The number of hydrogen-bond acceptors (Lipinski definition) is 4. The largest absolute Gasteiger partial charge is 0.507 e. The molecule has 0 fully saturated rings. The maximum atomic E-state index is 12.1. The summed E-state index contributed by atoms with van der Waals surface area (Å²) in [5.74, 6) is -0.337. The lowest BCUT2D eigenvalue weighted by atomic mass is 10.2. The zero-order valence-electron chi connectivity index (χ0n) is 11.9. The molecule has 5 nitrogen and oxygen atoms in total. The summed E-state index contributed by atoms with van der Waals surface area (Å²) in [4.78, 5) is 16.4. The number of hydrogen-bond donors (Lipinski definition) is 2. The summed E-state index contributed by atoms with van der Waals surface area (Å²) < 4.78 is 0.805. The number of hydrazone groups is 1. The number of nitrogens with zero attached hydrogens (tertiary/aromatic N) is 2. The Bertz CT molecular complexity index is 909. The molecule has 114 valence electrons. The number of benzene rings is 2. The number of para-hydroxylation sites is 1. The van der Waals surface area contributed by atoms with Gasteiger partial charge in [-0.05, 0) is 30.3 Å². The minimum absolute atomic E-state index is 0.0787. The highest BCUT2D eigenvalue weighted by Crippen LogP contribution is 2.20. The molecule has 3 aromatic rings. The number of aromatic hydroxyl groups is 1. The molecule has 2 aromatic carbocycles. The van der Waals surface area contributed by atoms with Gasteiger partial charge in [0.05, 0.1) is 11.7 Å². The predicted octanol–water partition coefficient (Wildman–Crippen LogP) is 3.47. The predicted molar refractivity (Wildman–Crippen MR) is 92.6 cm³/mol. The Labute approximate surface area is 140 Å². The molecule has 0 saturated carbocycles. The SMILES string of the molecule is O=C(NN=Cc1cc(Br)ccc1O)c1ccc2ccccc2n1. The van der Waals surface area contributed by atoms with E-state index in [1.54, 1.807) is 18.2 Å². The van der Waals surface area contributed by atoms with Crippen molar-refractivity contribution < 1.29 is 9.90 Å². The van der Waals surface area contributed by atoms with E-state index < -0.39 is 5.91 Å². The molecule has 0 aliphatic heterocycles. The molecule has 1 aromatic heterocycles. The molecule has 3 rings (SSSR count). The van der Waals surface area contributed by atoms with Gasteiger partial charge in [0.15, 0.2) is 0 Å². The summed E-state index contributed by atoms with van der Waals surface area (Å²) in [7, 11) is 0. The second-order valence-electron chi connectivity index (χ2n) is 4.79. The van der Waals surface area contributed by atoms with Crippen molar-refractivity contribution in [2.75, 3.05) is 0 Å². The summed E-state index contributed by atoms with van der Waals surface area (Å²) in [6.45, 7) is 0. The molecule has 0 unspecified atom stereocenters. The van der Waals surface area contributed by atoms with E-state index in [9.17, 15) is 9.90 Å². The number of fused-ring (bicyclic) bond motifs is 1. The van der Waals surface area contributed by atoms with Crippen LogP contribution in [-0.2, 0) is 0 Å². The minimum atomic E-state index is -0.415. The van der Waals surface area contributed by atoms with Crippen molar-refractivity contribution in [2.45, 2.75) is 0 Å². The number of phenolic OH excluding ortho intramolecular Hbond substituents is 1. The number of halogens is 1. The fraction of sp³-hybridized carbons (Fsp3) is 0. The molecule has 0 aliphatic carbocycles. The van der Waals surface area contributed by atoms with E-state index in [0.717, 1.165) is 15.4 Å². The van der Waals surface area contributed by atoms with Crippen molar-refractivity contribution in [3.05, 3.63) is 70.3 Å². The van der Waals surface area contributed by atoms with Crippen LogP contribution in [0.25, 0.3) is 10.9 Å². The molecule has 23 heavy (non-hydrogen) atoms. The number of nitrogens with one attached hydrogen (secondary N) is 1. The first-order valence-corrected chi connectivity index (χ1v) is 7.60. The van der Waals surface area contributed by atoms with Gasteiger partial charge in [0.2, 0.25) is 0 Å². The third-order valence-corrected chi connectivity index (χ3v) is 3.68. The second-order valence-corrected chi connectivity index (χ2v) is 5.71. The Balaban J connectivity index is 1.75. The summed E-state index contributed by atoms with van der Waals surface area (Å²) in [6.07, 6.45) is 1.37. The Hall–Kier alpha value is -2.73. The van der Waals surface area contributed by atoms with E-state index in [1.807, 2.05) is 30.3 Å². The maximum Gasteiger partial charge on any atom is 0.289 e. The van der Waals surface area contributed by atoms with E-state index in [4.69, 9.17) is 0 Å². The van der Waals surface area contributed by atoms with Crippen molar-refractivity contribution >= 4 is 39.0 Å². The molecule has 0 spiro atoms. The van der Waals surface area contributed by atoms with Gasteiger partial charge in [-0.1, -0.05) is 40.2 Å². The average Bonchev–Trinajstić information content (AvgIpc) is 2.57. The summed E-state index contributed by atoms with van der Waals surface area (Å²) >= 11 is 3.31. The van der Waals surface area contributed by atoms with Crippen LogP contribution in [0.4, 0.5) is 0 Å². The van der Waals surface area contributed by atoms with E-state index in [0.29, 0.717) is 5.56 Å². The molecule has 1 heterocycles. The Kier molecular flexibility index (Phi) is 4.34. The zero-order chi connectivity index (χ0) is 16.2. The lowest BCUT2D eigenvalue weighted by molar-refractivity contribution is 0.0950. The Morgan fingerprint density at radius 2 is 2.00 bits per heavy atom. The van der Waals surface area contributed by atoms with Crippen LogP contribution in [0.1, 0.15) is 16.1 Å². The molecule has 0 bridgehead atoms. The van der Waals surface area contributed by atoms with Crippen molar-refractivity contribution in [1.82, 2.24) is 10.4 Å². The van der Waals surface area contributed by atoms with Gasteiger partial charge in [0.25, 0.3) is 5.91 Å². The number of phenols is 1. The van der Waals surface area contributed by atoms with Crippen molar-refractivity contribution in [2.24, 2.45) is 5.10 Å². The van der Waals surface area contributed by atoms with Crippen LogP contribution in [0.15, 0.2) is 64.2 Å². The van der Waals surface area contributed by atoms with Crippen LogP contribution < -0.4 is 5.43 Å². The quantitative estimate of drug-likeness (QED) is 0.548. The van der Waals surface area contributed by atoms with Gasteiger partial charge in [0.1, 0.15) is 11.4 Å². The monoisotopic (exact) mass is 369 g/mol. The first-order chi connectivity index (χ1) is 11.1. The van der Waals surface area contributed by atoms with Crippen molar-refractivity contribution in [3.63, 3.8) is 0 Å². The van der Waals surface area contributed by atoms with Gasteiger partial charge < -0.3 is 5.11 Å². The van der Waals surface area contributed by atoms with E-state index >= 15 is 0 Å². The number of aromatic nitrogens is 1. The topological polar surface area (TPSA) is 74.6 Å². The van der Waals surface area contributed by atoms with Crippen LogP contribution in [0, 0.1) is 0 Å². The number of carbonyl (C=O) groups excluding carboxylic acids is 1. The summed E-state index contributed by atoms with van der Waals surface area (Å²) in [5.41, 5.74) is 3.91. The van der Waals surface area contributed by atoms with Gasteiger partial charge >= 0.3 is 0 Å². The lowest BCUT2D eigenvalue weighted by Gasteiger charge is -2.02. The highest BCUT2D eigenvalue weighted by molar-refractivity contribution is 9.10. The molecular formula is C17H12BrN3O2. The van der Waals surface area contributed by atoms with E-state index in [-0.39, 0.29) is 11.4 Å². The molecule has 2 N–H and O–H groups in total. The van der Waals surface area contributed by atoms with Gasteiger partial charge in [-0.15, -0.1) is 0 Å². The van der Waals surface area contributed by atoms with Gasteiger partial charge in [-0.3, -0.25) is 4.79 Å². The molecule has 0 saturated heterocycles. The molecule has 1 amide bonds. The third-order valence-electron chi connectivity index (χ3n) is 3.19. The average molecular weight is 370 g/mol. The Morgan fingerprint density at radius 1 is 1.17 bits per heavy atom. The van der Waals surface area contributed by atoms with Crippen LogP contribution in [0.5, 0.6) is 5.75 Å². The van der Waals surface area contributed by atoms with Crippen molar-refractivity contribution in [1.29, 1.82) is 0 Å². The maximum absolute atomic E-state index is 12.1. The van der Waals surface area contributed by atoms with Crippen LogP contribution >= 0.6 is 15.9 Å². The second kappa shape index (κ2) is 6.58. The highest BCUT2D eigenvalue weighted by atomic mass is 79.9. The minimum Gasteiger partial charge on any atom is -0.507 e. The number of rotatable bonds is 3. The lowest BCUT2D eigenvalue weighted by Crippen LogP contribution is -2.18. The first-order valence-electron chi connectivity index (χ1n) is 6.81.